The van der Waals surface area contributed by atoms with E-state index in [0.717, 1.165) is 42.8 Å². The van der Waals surface area contributed by atoms with Crippen molar-refractivity contribution in [3.8, 4) is 0 Å². The minimum atomic E-state index is -0.0483. The largest absolute Gasteiger partial charge is 0.454 e. The van der Waals surface area contributed by atoms with Crippen molar-refractivity contribution in [1.82, 2.24) is 5.32 Å². The van der Waals surface area contributed by atoms with Gasteiger partial charge in [0.15, 0.2) is 4.67 Å². The zero-order valence-corrected chi connectivity index (χ0v) is 11.4. The summed E-state index contributed by atoms with van der Waals surface area (Å²) in [5.41, 5.74) is 1.15. The minimum absolute atomic E-state index is 0.0483. The lowest BCUT2D eigenvalue weighted by Gasteiger charge is -2.36. The zero-order chi connectivity index (χ0) is 11.6. The smallest absolute Gasteiger partial charge is 0.169 e. The highest BCUT2D eigenvalue weighted by atomic mass is 79.9. The van der Waals surface area contributed by atoms with Crippen LogP contribution < -0.4 is 5.32 Å². The molecule has 2 rings (SSSR count). The summed E-state index contributed by atoms with van der Waals surface area (Å²) in [6, 6.07) is 2.01. The Morgan fingerprint density at radius 3 is 2.69 bits per heavy atom. The van der Waals surface area contributed by atoms with Crippen molar-refractivity contribution < 1.29 is 9.15 Å². The van der Waals surface area contributed by atoms with Crippen LogP contribution in [0.1, 0.15) is 24.2 Å². The maximum atomic E-state index is 5.73. The monoisotopic (exact) mass is 287 g/mol. The van der Waals surface area contributed by atoms with Crippen molar-refractivity contribution in [1.29, 1.82) is 0 Å². The quantitative estimate of drug-likeness (QED) is 0.928. The Kier molecular flexibility index (Phi) is 3.72. The lowest BCUT2D eigenvalue weighted by Crippen LogP contribution is -2.45. The summed E-state index contributed by atoms with van der Waals surface area (Å²) in [7, 11) is 1.80. The number of hydrogen-bond acceptors (Lipinski definition) is 3. The van der Waals surface area contributed by atoms with Crippen LogP contribution >= 0.6 is 15.9 Å². The van der Waals surface area contributed by atoms with Gasteiger partial charge in [0, 0.05) is 13.5 Å². The van der Waals surface area contributed by atoms with E-state index in [1.54, 1.807) is 7.11 Å². The second-order valence-electron chi connectivity index (χ2n) is 4.47. The summed E-state index contributed by atoms with van der Waals surface area (Å²) >= 11 is 3.37. The van der Waals surface area contributed by atoms with E-state index in [1.165, 1.54) is 5.56 Å². The lowest BCUT2D eigenvalue weighted by molar-refractivity contribution is -0.0368. The van der Waals surface area contributed by atoms with Gasteiger partial charge in [-0.25, -0.2) is 0 Å². The number of methoxy groups -OCH3 is 1. The van der Waals surface area contributed by atoms with Crippen molar-refractivity contribution in [3.63, 3.8) is 0 Å². The van der Waals surface area contributed by atoms with Crippen LogP contribution in [0.25, 0.3) is 0 Å². The molecule has 1 aromatic rings. The van der Waals surface area contributed by atoms with Gasteiger partial charge in [0.05, 0.1) is 5.60 Å². The summed E-state index contributed by atoms with van der Waals surface area (Å²) in [6.07, 6.45) is 2.95. The van der Waals surface area contributed by atoms with Crippen LogP contribution in [0.5, 0.6) is 0 Å². The normalized spacial score (nSPS) is 19.9. The van der Waals surface area contributed by atoms with E-state index >= 15 is 0 Å². The van der Waals surface area contributed by atoms with E-state index in [1.807, 2.05) is 6.07 Å². The molecule has 1 aliphatic rings. The minimum Gasteiger partial charge on any atom is -0.454 e. The molecule has 16 heavy (non-hydrogen) atoms. The highest BCUT2D eigenvalue weighted by Gasteiger charge is 2.33. The van der Waals surface area contributed by atoms with Crippen LogP contribution in [0.15, 0.2) is 15.2 Å². The van der Waals surface area contributed by atoms with Crippen molar-refractivity contribution in [2.45, 2.75) is 31.8 Å². The van der Waals surface area contributed by atoms with Crippen LogP contribution in [0.2, 0.25) is 0 Å². The first-order valence-electron chi connectivity index (χ1n) is 5.66. The van der Waals surface area contributed by atoms with Crippen LogP contribution in [0.4, 0.5) is 0 Å². The van der Waals surface area contributed by atoms with E-state index in [4.69, 9.17) is 9.15 Å². The number of hydrogen-bond donors (Lipinski definition) is 1. The van der Waals surface area contributed by atoms with E-state index < -0.39 is 0 Å². The molecule has 0 aliphatic carbocycles. The fourth-order valence-electron chi connectivity index (χ4n) is 2.28. The fourth-order valence-corrected chi connectivity index (χ4v) is 2.82. The number of aryl methyl sites for hydroxylation is 1. The first kappa shape index (κ1) is 12.1. The summed E-state index contributed by atoms with van der Waals surface area (Å²) in [6.45, 7) is 4.12. The SMILES string of the molecule is COC1(Cc2oc(Br)cc2C)CCNCC1. The lowest BCUT2D eigenvalue weighted by atomic mass is 9.87. The molecule has 1 fully saturated rings. The highest BCUT2D eigenvalue weighted by Crippen LogP contribution is 2.30. The van der Waals surface area contributed by atoms with Crippen LogP contribution in [-0.4, -0.2) is 25.8 Å². The van der Waals surface area contributed by atoms with Crippen LogP contribution in [0, 0.1) is 6.92 Å². The Morgan fingerprint density at radius 1 is 1.50 bits per heavy atom. The molecule has 0 amide bonds. The van der Waals surface area contributed by atoms with Gasteiger partial charge in [-0.15, -0.1) is 0 Å². The molecule has 0 spiro atoms. The first-order chi connectivity index (χ1) is 7.65. The van der Waals surface area contributed by atoms with Gasteiger partial charge >= 0.3 is 0 Å². The Balaban J connectivity index is 2.14. The Morgan fingerprint density at radius 2 is 2.19 bits per heavy atom. The number of nitrogens with one attached hydrogen (secondary N) is 1. The molecule has 2 heterocycles. The standard InChI is InChI=1S/C12H18BrNO2/c1-9-7-11(13)16-10(9)8-12(15-2)3-5-14-6-4-12/h7,14H,3-6,8H2,1-2H3. The maximum absolute atomic E-state index is 5.73. The average molecular weight is 288 g/mol. The number of furan rings is 1. The second-order valence-corrected chi connectivity index (χ2v) is 5.25. The number of ether oxygens (including phenoxy) is 1. The highest BCUT2D eigenvalue weighted by molar-refractivity contribution is 9.10. The zero-order valence-electron chi connectivity index (χ0n) is 9.81. The second kappa shape index (κ2) is 4.90. The fraction of sp³-hybridized carbons (Fsp3) is 0.667. The summed E-state index contributed by atoms with van der Waals surface area (Å²) in [5.74, 6) is 1.04. The van der Waals surface area contributed by atoms with Gasteiger partial charge in [-0.3, -0.25) is 0 Å². The van der Waals surface area contributed by atoms with E-state index in [0.29, 0.717) is 0 Å². The summed E-state index contributed by atoms with van der Waals surface area (Å²) in [5, 5.41) is 3.36. The molecule has 1 aromatic heterocycles. The molecule has 1 saturated heterocycles. The maximum Gasteiger partial charge on any atom is 0.169 e. The molecule has 0 radical (unpaired) electrons. The molecular weight excluding hydrogens is 270 g/mol. The predicted molar refractivity (Wildman–Crippen MR) is 66.7 cm³/mol. The number of piperidine rings is 1. The van der Waals surface area contributed by atoms with E-state index in [-0.39, 0.29) is 5.60 Å². The van der Waals surface area contributed by atoms with E-state index in [2.05, 4.69) is 28.2 Å². The third kappa shape index (κ3) is 2.50. The van der Waals surface area contributed by atoms with Gasteiger partial charge in [-0.1, -0.05) is 0 Å². The van der Waals surface area contributed by atoms with Gasteiger partial charge in [0.2, 0.25) is 0 Å². The number of rotatable bonds is 3. The molecule has 3 nitrogen and oxygen atoms in total. The van der Waals surface area contributed by atoms with Crippen molar-refractivity contribution >= 4 is 15.9 Å². The molecule has 0 saturated carbocycles. The van der Waals surface area contributed by atoms with Crippen molar-refractivity contribution in [3.05, 3.63) is 22.1 Å². The molecule has 0 atom stereocenters. The Hall–Kier alpha value is -0.320. The molecule has 90 valence electrons. The van der Waals surface area contributed by atoms with Crippen LogP contribution in [0.3, 0.4) is 0 Å². The molecule has 0 bridgehead atoms. The molecule has 0 unspecified atom stereocenters. The molecule has 0 aromatic carbocycles. The Labute approximate surface area is 105 Å². The van der Waals surface area contributed by atoms with Gasteiger partial charge < -0.3 is 14.5 Å². The molecule has 4 heteroatoms. The third-order valence-corrected chi connectivity index (χ3v) is 3.81. The summed E-state index contributed by atoms with van der Waals surface area (Å²) in [4.78, 5) is 0. The Bertz CT molecular complexity index is 356. The number of halogens is 1. The van der Waals surface area contributed by atoms with Crippen molar-refractivity contribution in [2.75, 3.05) is 20.2 Å². The summed E-state index contributed by atoms with van der Waals surface area (Å²) < 4.78 is 12.2. The predicted octanol–water partition coefficient (Wildman–Crippen LogP) is 2.66. The van der Waals surface area contributed by atoms with Gasteiger partial charge in [-0.05, 0) is 60.4 Å². The third-order valence-electron chi connectivity index (χ3n) is 3.42. The molecule has 1 N–H and O–H groups in total. The van der Waals surface area contributed by atoms with Crippen molar-refractivity contribution in [2.24, 2.45) is 0 Å². The molecular formula is C12H18BrNO2. The van der Waals surface area contributed by atoms with Gasteiger partial charge in [0.1, 0.15) is 5.76 Å². The van der Waals surface area contributed by atoms with Crippen LogP contribution in [-0.2, 0) is 11.2 Å². The van der Waals surface area contributed by atoms with Gasteiger partial charge in [0.25, 0.3) is 0 Å². The first-order valence-corrected chi connectivity index (χ1v) is 6.45. The van der Waals surface area contributed by atoms with Gasteiger partial charge in [-0.2, -0.15) is 0 Å². The topological polar surface area (TPSA) is 34.4 Å². The average Bonchev–Trinajstić information content (AvgIpc) is 2.59. The van der Waals surface area contributed by atoms with E-state index in [9.17, 15) is 0 Å². The molecule has 1 aliphatic heterocycles.